The summed E-state index contributed by atoms with van der Waals surface area (Å²) in [6, 6.07) is 5.33. The van der Waals surface area contributed by atoms with Crippen LogP contribution < -0.4 is 0 Å². The Kier molecular flexibility index (Phi) is 4.72. The Bertz CT molecular complexity index is 986. The van der Waals surface area contributed by atoms with Crippen molar-refractivity contribution in [1.29, 1.82) is 0 Å². The molecular weight excluding hydrogens is 416 g/mol. The van der Waals surface area contributed by atoms with Gasteiger partial charge in [-0.3, -0.25) is 0 Å². The molecule has 3 atom stereocenters. The van der Waals surface area contributed by atoms with Crippen molar-refractivity contribution in [1.82, 2.24) is 4.98 Å². The lowest BCUT2D eigenvalue weighted by atomic mass is 9.98. The molecule has 2 N–H and O–H groups in total. The van der Waals surface area contributed by atoms with E-state index >= 15 is 0 Å². The van der Waals surface area contributed by atoms with Gasteiger partial charge in [0.2, 0.25) is 0 Å². The van der Waals surface area contributed by atoms with Gasteiger partial charge in [0.05, 0.1) is 11.0 Å². The number of aliphatic hydroxyl groups excluding tert-OH is 2. The predicted octanol–water partition coefficient (Wildman–Crippen LogP) is 3.04. The van der Waals surface area contributed by atoms with Crippen LogP contribution in [0.3, 0.4) is 0 Å². The van der Waals surface area contributed by atoms with Crippen LogP contribution in [0.1, 0.15) is 34.7 Å². The number of hydrogen-bond acceptors (Lipinski definition) is 5. The lowest BCUT2D eigenvalue weighted by Gasteiger charge is -2.22. The van der Waals surface area contributed by atoms with Gasteiger partial charge < -0.3 is 10.2 Å². The minimum Gasteiger partial charge on any atom is -0.387 e. The molecular formula is C16H11F6NO4S. The Morgan fingerprint density at radius 2 is 1.46 bits per heavy atom. The van der Waals surface area contributed by atoms with Gasteiger partial charge in [-0.1, -0.05) is 18.2 Å². The number of alkyl halides is 6. The third-order valence-electron chi connectivity index (χ3n) is 4.29. The third-order valence-corrected chi connectivity index (χ3v) is 6.51. The molecule has 3 unspecified atom stereocenters. The third kappa shape index (κ3) is 3.35. The first kappa shape index (κ1) is 20.6. The maximum Gasteiger partial charge on any atom is 0.433 e. The number of fused-ring (bicyclic) bond motifs is 1. The summed E-state index contributed by atoms with van der Waals surface area (Å²) < 4.78 is 103. The van der Waals surface area contributed by atoms with Gasteiger partial charge in [-0.2, -0.15) is 26.3 Å². The SMILES string of the molecule is O=S1(=O)c2ccccc2C(O)C1C(O)c1cc(C(F)(F)F)nc(C(F)(F)F)c1. The number of sulfone groups is 1. The molecule has 1 aliphatic rings. The molecule has 12 heteroatoms. The van der Waals surface area contributed by atoms with E-state index in [1.165, 1.54) is 18.2 Å². The van der Waals surface area contributed by atoms with Crippen LogP contribution in [-0.2, 0) is 22.2 Å². The highest BCUT2D eigenvalue weighted by atomic mass is 32.2. The average Bonchev–Trinajstić information content (AvgIpc) is 2.79. The smallest absolute Gasteiger partial charge is 0.387 e. The van der Waals surface area contributed by atoms with Gasteiger partial charge >= 0.3 is 12.4 Å². The first-order valence-electron chi connectivity index (χ1n) is 7.60. The standard InChI is InChI=1S/C16H11F6NO4S/c17-15(18,19)10-5-7(6-11(23-10)16(20,21)22)12(24)14-13(25)8-3-1-2-4-9(8)28(14,26)27/h1-6,12-14,24-25H. The van der Waals surface area contributed by atoms with Crippen LogP contribution in [-0.4, -0.2) is 28.9 Å². The zero-order chi connectivity index (χ0) is 21.1. The molecule has 0 saturated heterocycles. The number of aliphatic hydroxyl groups is 2. The second-order valence-electron chi connectivity index (χ2n) is 6.10. The molecule has 0 fully saturated rings. The van der Waals surface area contributed by atoms with Crippen LogP contribution in [0.4, 0.5) is 26.3 Å². The number of aromatic nitrogens is 1. The van der Waals surface area contributed by atoms with E-state index in [0.717, 1.165) is 6.07 Å². The van der Waals surface area contributed by atoms with Crippen molar-refractivity contribution < 1.29 is 45.0 Å². The van der Waals surface area contributed by atoms with E-state index in [-0.39, 0.29) is 22.6 Å². The van der Waals surface area contributed by atoms with Gasteiger partial charge in [0.15, 0.2) is 9.84 Å². The highest BCUT2D eigenvalue weighted by Crippen LogP contribution is 2.45. The predicted molar refractivity (Wildman–Crippen MR) is 81.6 cm³/mol. The Morgan fingerprint density at radius 3 is 1.93 bits per heavy atom. The fraction of sp³-hybridized carbons (Fsp3) is 0.312. The Hall–Kier alpha value is -2.18. The first-order chi connectivity index (χ1) is 12.7. The number of pyridine rings is 1. The van der Waals surface area contributed by atoms with Crippen LogP contribution in [0.2, 0.25) is 0 Å². The Morgan fingerprint density at radius 1 is 0.964 bits per heavy atom. The van der Waals surface area contributed by atoms with Gasteiger partial charge in [-0.25, -0.2) is 13.4 Å². The minimum atomic E-state index is -5.27. The molecule has 1 aromatic carbocycles. The summed E-state index contributed by atoms with van der Waals surface area (Å²) in [5.74, 6) is 0. The number of hydrogen-bond donors (Lipinski definition) is 2. The normalized spacial score (nSPS) is 22.7. The lowest BCUT2D eigenvalue weighted by Crippen LogP contribution is -2.29. The lowest BCUT2D eigenvalue weighted by molar-refractivity contribution is -0.150. The number of halogens is 6. The largest absolute Gasteiger partial charge is 0.433 e. The van der Waals surface area contributed by atoms with E-state index in [0.29, 0.717) is 0 Å². The number of rotatable bonds is 2. The Balaban J connectivity index is 2.14. The zero-order valence-corrected chi connectivity index (χ0v) is 14.3. The van der Waals surface area contributed by atoms with Gasteiger partial charge in [-0.05, 0) is 23.8 Å². The molecule has 1 aliphatic heterocycles. The summed E-state index contributed by atoms with van der Waals surface area (Å²) in [4.78, 5) is 2.15. The van der Waals surface area contributed by atoms with Crippen LogP contribution >= 0.6 is 0 Å². The summed E-state index contributed by atoms with van der Waals surface area (Å²) in [6.45, 7) is 0. The van der Waals surface area contributed by atoms with Gasteiger partial charge in [0.25, 0.3) is 0 Å². The van der Waals surface area contributed by atoms with E-state index in [1.54, 1.807) is 0 Å². The van der Waals surface area contributed by atoms with Crippen LogP contribution in [0.25, 0.3) is 0 Å². The molecule has 3 rings (SSSR count). The van der Waals surface area contributed by atoms with Crippen molar-refractivity contribution in [2.24, 2.45) is 0 Å². The topological polar surface area (TPSA) is 87.5 Å². The molecule has 2 aromatic rings. The molecule has 0 aliphatic carbocycles. The molecule has 0 amide bonds. The second-order valence-corrected chi connectivity index (χ2v) is 8.18. The molecule has 0 saturated carbocycles. The molecule has 0 bridgehead atoms. The fourth-order valence-electron chi connectivity index (χ4n) is 3.02. The van der Waals surface area contributed by atoms with Gasteiger partial charge in [-0.15, -0.1) is 0 Å². The molecule has 0 spiro atoms. The van der Waals surface area contributed by atoms with Crippen molar-refractivity contribution in [3.05, 3.63) is 58.9 Å². The first-order valence-corrected chi connectivity index (χ1v) is 9.14. The van der Waals surface area contributed by atoms with E-state index in [2.05, 4.69) is 4.98 Å². The zero-order valence-electron chi connectivity index (χ0n) is 13.5. The van der Waals surface area contributed by atoms with Crippen molar-refractivity contribution in [3.8, 4) is 0 Å². The second kappa shape index (κ2) is 6.42. The van der Waals surface area contributed by atoms with Crippen LogP contribution in [0, 0.1) is 0 Å². The van der Waals surface area contributed by atoms with E-state index in [4.69, 9.17) is 0 Å². The van der Waals surface area contributed by atoms with Crippen molar-refractivity contribution in [2.45, 2.75) is 34.7 Å². The average molecular weight is 427 g/mol. The summed E-state index contributed by atoms with van der Waals surface area (Å²) in [7, 11) is -4.42. The molecule has 0 radical (unpaired) electrons. The summed E-state index contributed by atoms with van der Waals surface area (Å²) in [5.41, 5.74) is -4.97. The molecule has 1 aromatic heterocycles. The van der Waals surface area contributed by atoms with E-state index in [1.807, 2.05) is 0 Å². The summed E-state index contributed by atoms with van der Waals surface area (Å²) in [5, 5.41) is 18.6. The minimum absolute atomic E-state index is 0.104. The van der Waals surface area contributed by atoms with Crippen molar-refractivity contribution in [3.63, 3.8) is 0 Å². The van der Waals surface area contributed by atoms with Crippen LogP contribution in [0.5, 0.6) is 0 Å². The fourth-order valence-corrected chi connectivity index (χ4v) is 5.08. The molecule has 5 nitrogen and oxygen atoms in total. The maximum absolute atomic E-state index is 12.9. The van der Waals surface area contributed by atoms with Gasteiger partial charge in [0, 0.05) is 5.56 Å². The van der Waals surface area contributed by atoms with E-state index < -0.39 is 56.6 Å². The van der Waals surface area contributed by atoms with Crippen LogP contribution in [0.15, 0.2) is 41.3 Å². The van der Waals surface area contributed by atoms with Crippen molar-refractivity contribution in [2.75, 3.05) is 0 Å². The number of benzene rings is 1. The summed E-state index contributed by atoms with van der Waals surface area (Å²) >= 11 is 0. The maximum atomic E-state index is 12.9. The molecule has 28 heavy (non-hydrogen) atoms. The highest BCUT2D eigenvalue weighted by molar-refractivity contribution is 7.92. The highest BCUT2D eigenvalue weighted by Gasteiger charge is 2.49. The molecule has 152 valence electrons. The quantitative estimate of drug-likeness (QED) is 0.720. The Labute approximate surface area is 154 Å². The van der Waals surface area contributed by atoms with Gasteiger partial charge in [0.1, 0.15) is 22.7 Å². The molecule has 2 heterocycles. The monoisotopic (exact) mass is 427 g/mol. The number of nitrogens with zero attached hydrogens (tertiary/aromatic N) is 1. The van der Waals surface area contributed by atoms with E-state index in [9.17, 15) is 45.0 Å². The van der Waals surface area contributed by atoms with Crippen molar-refractivity contribution >= 4 is 9.84 Å². The summed E-state index contributed by atoms with van der Waals surface area (Å²) in [6.07, 6.45) is -14.7.